The fourth-order valence-corrected chi connectivity index (χ4v) is 1.50. The number of aromatic nitrogens is 2. The van der Waals surface area contributed by atoms with E-state index in [1.54, 1.807) is 0 Å². The lowest BCUT2D eigenvalue weighted by Crippen LogP contribution is -2.14. The third-order valence-electron chi connectivity index (χ3n) is 2.59. The summed E-state index contributed by atoms with van der Waals surface area (Å²) in [5.74, 6) is 7.45. The van der Waals surface area contributed by atoms with Crippen molar-refractivity contribution in [1.82, 2.24) is 9.97 Å². The summed E-state index contributed by atoms with van der Waals surface area (Å²) in [6.07, 6.45) is 4.17. The fourth-order valence-electron chi connectivity index (χ4n) is 1.50. The van der Waals surface area contributed by atoms with Crippen molar-refractivity contribution in [2.75, 3.05) is 12.0 Å². The second kappa shape index (κ2) is 7.06. The molecule has 17 heavy (non-hydrogen) atoms. The van der Waals surface area contributed by atoms with Gasteiger partial charge in [-0.05, 0) is 13.3 Å². The van der Waals surface area contributed by atoms with Gasteiger partial charge in [0.25, 0.3) is 0 Å². The van der Waals surface area contributed by atoms with Crippen LogP contribution < -0.4 is 16.0 Å². The highest BCUT2D eigenvalue weighted by molar-refractivity contribution is 5.47. The molecule has 0 saturated heterocycles. The number of nitrogen functional groups attached to an aromatic ring is 1. The van der Waals surface area contributed by atoms with Gasteiger partial charge in [-0.2, -0.15) is 4.98 Å². The van der Waals surface area contributed by atoms with Gasteiger partial charge in [0.2, 0.25) is 5.88 Å². The normalized spacial score (nSPS) is 10.4. The Morgan fingerprint density at radius 1 is 1.24 bits per heavy atom. The van der Waals surface area contributed by atoms with Crippen LogP contribution in [0.25, 0.3) is 0 Å². The van der Waals surface area contributed by atoms with Crippen LogP contribution in [0.3, 0.4) is 0 Å². The summed E-state index contributed by atoms with van der Waals surface area (Å²) in [7, 11) is 0. The lowest BCUT2D eigenvalue weighted by atomic mass is 10.2. The predicted molar refractivity (Wildman–Crippen MR) is 69.0 cm³/mol. The number of unbranched alkanes of at least 4 members (excludes halogenated alkanes) is 2. The number of aryl methyl sites for hydroxylation is 1. The van der Waals surface area contributed by atoms with Crippen LogP contribution in [0.5, 0.6) is 5.88 Å². The average Bonchev–Trinajstić information content (AvgIpc) is 2.36. The first-order chi connectivity index (χ1) is 8.22. The molecule has 1 rings (SSSR count). The molecule has 0 spiro atoms. The van der Waals surface area contributed by atoms with Crippen molar-refractivity contribution in [1.29, 1.82) is 0 Å². The van der Waals surface area contributed by atoms with Gasteiger partial charge >= 0.3 is 0 Å². The van der Waals surface area contributed by atoms with Crippen LogP contribution in [0.2, 0.25) is 0 Å². The van der Waals surface area contributed by atoms with Gasteiger partial charge in [0.1, 0.15) is 11.6 Å². The highest BCUT2D eigenvalue weighted by Gasteiger charge is 2.10. The van der Waals surface area contributed by atoms with Gasteiger partial charge in [-0.3, -0.25) is 0 Å². The number of rotatable bonds is 7. The molecule has 1 aromatic rings. The Morgan fingerprint density at radius 2 is 2.00 bits per heavy atom. The van der Waals surface area contributed by atoms with Gasteiger partial charge in [-0.1, -0.05) is 26.7 Å². The molecule has 1 aromatic heterocycles. The zero-order chi connectivity index (χ0) is 12.7. The Kier molecular flexibility index (Phi) is 5.69. The molecule has 1 heterocycles. The summed E-state index contributed by atoms with van der Waals surface area (Å²) in [5, 5.41) is 0. The maximum atomic E-state index is 5.68. The van der Waals surface area contributed by atoms with Crippen LogP contribution >= 0.6 is 0 Å². The molecule has 0 aliphatic rings. The van der Waals surface area contributed by atoms with E-state index in [1.165, 1.54) is 12.8 Å². The Hall–Kier alpha value is -1.36. The first-order valence-electron chi connectivity index (χ1n) is 6.19. The summed E-state index contributed by atoms with van der Waals surface area (Å²) < 4.78 is 5.68. The lowest BCUT2D eigenvalue weighted by molar-refractivity contribution is 0.291. The molecule has 0 saturated carbocycles. The van der Waals surface area contributed by atoms with E-state index in [-0.39, 0.29) is 0 Å². The van der Waals surface area contributed by atoms with Crippen LogP contribution in [-0.2, 0) is 6.42 Å². The SMILES string of the molecule is CCCCCOc1nc(CC)nc(NN)c1C. The molecule has 96 valence electrons. The number of ether oxygens (including phenoxy) is 1. The van der Waals surface area contributed by atoms with E-state index in [9.17, 15) is 0 Å². The number of hydrogen-bond donors (Lipinski definition) is 2. The number of nitrogens with two attached hydrogens (primary N) is 1. The quantitative estimate of drug-likeness (QED) is 0.433. The summed E-state index contributed by atoms with van der Waals surface area (Å²) >= 11 is 0. The number of anilines is 1. The van der Waals surface area contributed by atoms with E-state index in [2.05, 4.69) is 22.3 Å². The Labute approximate surface area is 103 Å². The maximum Gasteiger partial charge on any atom is 0.221 e. The Morgan fingerprint density at radius 3 is 2.59 bits per heavy atom. The van der Waals surface area contributed by atoms with Crippen LogP contribution in [0.4, 0.5) is 5.82 Å². The Balaban J connectivity index is 2.75. The monoisotopic (exact) mass is 238 g/mol. The molecule has 0 aromatic carbocycles. The maximum absolute atomic E-state index is 5.68. The largest absolute Gasteiger partial charge is 0.477 e. The zero-order valence-corrected chi connectivity index (χ0v) is 10.9. The smallest absolute Gasteiger partial charge is 0.221 e. The zero-order valence-electron chi connectivity index (χ0n) is 10.9. The van der Waals surface area contributed by atoms with E-state index in [4.69, 9.17) is 10.6 Å². The highest BCUT2D eigenvalue weighted by atomic mass is 16.5. The summed E-state index contributed by atoms with van der Waals surface area (Å²) in [6, 6.07) is 0. The van der Waals surface area contributed by atoms with E-state index >= 15 is 0 Å². The lowest BCUT2D eigenvalue weighted by Gasteiger charge is -2.12. The molecule has 0 aliphatic carbocycles. The molecular weight excluding hydrogens is 216 g/mol. The van der Waals surface area contributed by atoms with Crippen molar-refractivity contribution in [3.63, 3.8) is 0 Å². The number of hydrazine groups is 1. The second-order valence-corrected chi connectivity index (χ2v) is 3.97. The summed E-state index contributed by atoms with van der Waals surface area (Å²) in [6.45, 7) is 6.77. The molecule has 5 heteroatoms. The van der Waals surface area contributed by atoms with Crippen LogP contribution in [0.1, 0.15) is 44.5 Å². The molecule has 3 N–H and O–H groups in total. The minimum absolute atomic E-state index is 0.640. The topological polar surface area (TPSA) is 73.1 Å². The molecule has 0 bridgehead atoms. The van der Waals surface area contributed by atoms with Crippen molar-refractivity contribution >= 4 is 5.82 Å². The molecule has 0 amide bonds. The molecule has 5 nitrogen and oxygen atoms in total. The third kappa shape index (κ3) is 3.85. The van der Waals surface area contributed by atoms with Gasteiger partial charge in [0, 0.05) is 6.42 Å². The van der Waals surface area contributed by atoms with Crippen LogP contribution in [0, 0.1) is 6.92 Å². The van der Waals surface area contributed by atoms with Gasteiger partial charge in [-0.15, -0.1) is 0 Å². The average molecular weight is 238 g/mol. The predicted octanol–water partition coefficient (Wildman–Crippen LogP) is 2.20. The van der Waals surface area contributed by atoms with Gasteiger partial charge in [-0.25, -0.2) is 10.8 Å². The van der Waals surface area contributed by atoms with Crippen molar-refractivity contribution in [2.45, 2.75) is 46.5 Å². The van der Waals surface area contributed by atoms with Crippen molar-refractivity contribution in [3.8, 4) is 5.88 Å². The van der Waals surface area contributed by atoms with Gasteiger partial charge in [0.05, 0.1) is 12.2 Å². The van der Waals surface area contributed by atoms with Crippen molar-refractivity contribution < 1.29 is 4.74 Å². The summed E-state index contributed by atoms with van der Waals surface area (Å²) in [5.41, 5.74) is 3.44. The first kappa shape index (κ1) is 13.7. The minimum atomic E-state index is 0.640. The van der Waals surface area contributed by atoms with E-state index in [0.29, 0.717) is 18.3 Å². The first-order valence-corrected chi connectivity index (χ1v) is 6.19. The van der Waals surface area contributed by atoms with E-state index < -0.39 is 0 Å². The highest BCUT2D eigenvalue weighted by Crippen LogP contribution is 2.21. The van der Waals surface area contributed by atoms with E-state index in [0.717, 1.165) is 24.2 Å². The van der Waals surface area contributed by atoms with Crippen LogP contribution in [0.15, 0.2) is 0 Å². The molecule has 0 fully saturated rings. The summed E-state index contributed by atoms with van der Waals surface area (Å²) in [4.78, 5) is 8.66. The van der Waals surface area contributed by atoms with Gasteiger partial charge < -0.3 is 10.2 Å². The standard InChI is InChI=1S/C12H22N4O/c1-4-6-7-8-17-12-9(3)11(16-13)14-10(5-2)15-12/h4-8,13H2,1-3H3,(H,14,15,16). The van der Waals surface area contributed by atoms with Crippen molar-refractivity contribution in [3.05, 3.63) is 11.4 Å². The van der Waals surface area contributed by atoms with E-state index in [1.807, 2.05) is 13.8 Å². The minimum Gasteiger partial charge on any atom is -0.477 e. The fraction of sp³-hybridized carbons (Fsp3) is 0.667. The third-order valence-corrected chi connectivity index (χ3v) is 2.59. The molecule has 0 atom stereocenters. The van der Waals surface area contributed by atoms with Crippen molar-refractivity contribution in [2.24, 2.45) is 5.84 Å². The molecule has 0 unspecified atom stereocenters. The Bertz CT molecular complexity index is 355. The molecular formula is C12H22N4O. The molecule has 0 radical (unpaired) electrons. The van der Waals surface area contributed by atoms with Gasteiger partial charge in [0.15, 0.2) is 0 Å². The number of hydrogen-bond acceptors (Lipinski definition) is 5. The number of nitrogens with one attached hydrogen (secondary N) is 1. The molecule has 0 aliphatic heterocycles. The number of nitrogens with zero attached hydrogens (tertiary/aromatic N) is 2. The second-order valence-electron chi connectivity index (χ2n) is 3.97. The van der Waals surface area contributed by atoms with Crippen LogP contribution in [-0.4, -0.2) is 16.6 Å².